The number of amides is 2. The molecule has 0 unspecified atom stereocenters. The van der Waals surface area contributed by atoms with E-state index in [4.69, 9.17) is 16.3 Å². The van der Waals surface area contributed by atoms with Gasteiger partial charge in [-0.25, -0.2) is 0 Å². The van der Waals surface area contributed by atoms with Gasteiger partial charge >= 0.3 is 0 Å². The summed E-state index contributed by atoms with van der Waals surface area (Å²) in [7, 11) is 1.63. The summed E-state index contributed by atoms with van der Waals surface area (Å²) < 4.78 is 5.15. The third kappa shape index (κ3) is 6.61. The van der Waals surface area contributed by atoms with Crippen molar-refractivity contribution in [2.45, 2.75) is 26.7 Å². The average Bonchev–Trinajstić information content (AvgIpc) is 2.64. The molecule has 0 atom stereocenters. The summed E-state index contributed by atoms with van der Waals surface area (Å²) in [4.78, 5) is 25.8. The van der Waals surface area contributed by atoms with Gasteiger partial charge in [-0.3, -0.25) is 9.59 Å². The summed E-state index contributed by atoms with van der Waals surface area (Å²) in [6, 6.07) is 13.1. The topological polar surface area (TPSA) is 58.6 Å². The summed E-state index contributed by atoms with van der Waals surface area (Å²) in [5.74, 6) is 0.631. The highest BCUT2D eigenvalue weighted by molar-refractivity contribution is 6.30. The van der Waals surface area contributed by atoms with Crippen molar-refractivity contribution in [2.24, 2.45) is 0 Å². The molecule has 0 aliphatic heterocycles. The first-order chi connectivity index (χ1) is 12.9. The van der Waals surface area contributed by atoms with Gasteiger partial charge in [-0.15, -0.1) is 0 Å². The van der Waals surface area contributed by atoms with Gasteiger partial charge in [0.05, 0.1) is 7.11 Å². The molecule has 0 aromatic heterocycles. The van der Waals surface area contributed by atoms with Gasteiger partial charge in [-0.2, -0.15) is 0 Å². The second-order valence-corrected chi connectivity index (χ2v) is 6.80. The van der Waals surface area contributed by atoms with E-state index in [2.05, 4.69) is 5.32 Å². The third-order valence-corrected chi connectivity index (χ3v) is 4.58. The van der Waals surface area contributed by atoms with Crippen LogP contribution < -0.4 is 10.1 Å². The lowest BCUT2D eigenvalue weighted by Gasteiger charge is -2.21. The number of nitrogens with one attached hydrogen (secondary N) is 1. The van der Waals surface area contributed by atoms with Crippen molar-refractivity contribution in [3.8, 4) is 5.75 Å². The largest absolute Gasteiger partial charge is 0.497 e. The maximum Gasteiger partial charge on any atom is 0.226 e. The number of methoxy groups -OCH3 is 1. The number of rotatable bonds is 8. The number of aryl methyl sites for hydroxylation is 1. The normalized spacial score (nSPS) is 10.4. The standard InChI is InChI=1S/C21H25ClN2O3/c1-15-14-18(22)6-9-20(15)23-21(26)11-13-24(16(2)25)12-10-17-4-7-19(27-3)8-5-17/h4-9,14H,10-13H2,1-3H3,(H,23,26). The van der Waals surface area contributed by atoms with E-state index in [0.717, 1.165) is 29.0 Å². The van der Waals surface area contributed by atoms with Crippen LogP contribution in [0.2, 0.25) is 5.02 Å². The first kappa shape index (κ1) is 20.8. The molecule has 0 heterocycles. The van der Waals surface area contributed by atoms with Crippen molar-refractivity contribution in [3.63, 3.8) is 0 Å². The van der Waals surface area contributed by atoms with E-state index in [0.29, 0.717) is 18.1 Å². The lowest BCUT2D eigenvalue weighted by molar-refractivity contribution is -0.129. The molecule has 1 N–H and O–H groups in total. The van der Waals surface area contributed by atoms with Gasteiger partial charge in [0.2, 0.25) is 11.8 Å². The van der Waals surface area contributed by atoms with Gasteiger partial charge in [0.1, 0.15) is 5.75 Å². The highest BCUT2D eigenvalue weighted by atomic mass is 35.5. The van der Waals surface area contributed by atoms with Crippen molar-refractivity contribution in [1.82, 2.24) is 4.90 Å². The van der Waals surface area contributed by atoms with Crippen LogP contribution in [0.15, 0.2) is 42.5 Å². The number of benzene rings is 2. The zero-order chi connectivity index (χ0) is 19.8. The predicted octanol–water partition coefficient (Wildman–Crippen LogP) is 4.08. The van der Waals surface area contributed by atoms with Crippen LogP contribution in [0.25, 0.3) is 0 Å². The summed E-state index contributed by atoms with van der Waals surface area (Å²) in [6.07, 6.45) is 0.964. The Kier molecular flexibility index (Phi) is 7.67. The van der Waals surface area contributed by atoms with Crippen molar-refractivity contribution in [1.29, 1.82) is 0 Å². The monoisotopic (exact) mass is 388 g/mol. The van der Waals surface area contributed by atoms with E-state index < -0.39 is 0 Å². The molecular weight excluding hydrogens is 364 g/mol. The molecule has 2 aromatic carbocycles. The fourth-order valence-corrected chi connectivity index (χ4v) is 2.93. The zero-order valence-electron chi connectivity index (χ0n) is 15.9. The number of nitrogens with zero attached hydrogens (tertiary/aromatic N) is 1. The number of carbonyl (C=O) groups excluding carboxylic acids is 2. The van der Waals surface area contributed by atoms with E-state index in [-0.39, 0.29) is 18.2 Å². The Bertz CT molecular complexity index is 791. The summed E-state index contributed by atoms with van der Waals surface area (Å²) in [6.45, 7) is 4.35. The Morgan fingerprint density at radius 2 is 1.81 bits per heavy atom. The molecule has 2 aromatic rings. The maximum absolute atomic E-state index is 12.2. The van der Waals surface area contributed by atoms with E-state index in [9.17, 15) is 9.59 Å². The number of halogens is 1. The minimum atomic E-state index is -0.129. The van der Waals surface area contributed by atoms with Crippen molar-refractivity contribution >= 4 is 29.1 Å². The van der Waals surface area contributed by atoms with Gasteiger partial charge in [0.15, 0.2) is 0 Å². The quantitative estimate of drug-likeness (QED) is 0.741. The molecule has 6 heteroatoms. The molecule has 0 fully saturated rings. The smallest absolute Gasteiger partial charge is 0.226 e. The number of ether oxygens (including phenoxy) is 1. The molecule has 0 saturated carbocycles. The lowest BCUT2D eigenvalue weighted by Crippen LogP contribution is -2.33. The van der Waals surface area contributed by atoms with Crippen LogP contribution in [-0.4, -0.2) is 36.9 Å². The Hall–Kier alpha value is -2.53. The van der Waals surface area contributed by atoms with E-state index >= 15 is 0 Å². The summed E-state index contributed by atoms with van der Waals surface area (Å²) in [5, 5.41) is 3.50. The van der Waals surface area contributed by atoms with Gasteiger partial charge in [0.25, 0.3) is 0 Å². The van der Waals surface area contributed by atoms with Crippen molar-refractivity contribution in [3.05, 3.63) is 58.6 Å². The van der Waals surface area contributed by atoms with Crippen LogP contribution in [0.4, 0.5) is 5.69 Å². The maximum atomic E-state index is 12.2. The number of anilines is 1. The highest BCUT2D eigenvalue weighted by Crippen LogP contribution is 2.19. The Labute approximate surface area is 165 Å². The number of hydrogen-bond acceptors (Lipinski definition) is 3. The van der Waals surface area contributed by atoms with Crippen LogP contribution in [0.5, 0.6) is 5.75 Å². The van der Waals surface area contributed by atoms with Crippen LogP contribution >= 0.6 is 11.6 Å². The van der Waals surface area contributed by atoms with Crippen LogP contribution in [0, 0.1) is 6.92 Å². The Morgan fingerprint density at radius 3 is 2.41 bits per heavy atom. The van der Waals surface area contributed by atoms with Crippen LogP contribution in [0.1, 0.15) is 24.5 Å². The number of hydrogen-bond donors (Lipinski definition) is 1. The van der Waals surface area contributed by atoms with Crippen LogP contribution in [0.3, 0.4) is 0 Å². The minimum Gasteiger partial charge on any atom is -0.497 e. The van der Waals surface area contributed by atoms with E-state index in [1.807, 2.05) is 31.2 Å². The fraction of sp³-hybridized carbons (Fsp3) is 0.333. The minimum absolute atomic E-state index is 0.0426. The molecule has 0 aliphatic rings. The third-order valence-electron chi connectivity index (χ3n) is 4.35. The molecule has 0 spiro atoms. The zero-order valence-corrected chi connectivity index (χ0v) is 16.7. The van der Waals surface area contributed by atoms with E-state index in [1.54, 1.807) is 30.2 Å². The Morgan fingerprint density at radius 1 is 1.11 bits per heavy atom. The molecule has 0 bridgehead atoms. The SMILES string of the molecule is COc1ccc(CCN(CCC(=O)Nc2ccc(Cl)cc2C)C(C)=O)cc1. The second-order valence-electron chi connectivity index (χ2n) is 6.36. The van der Waals surface area contributed by atoms with Gasteiger partial charge in [-0.1, -0.05) is 23.7 Å². The molecular formula is C21H25ClN2O3. The number of carbonyl (C=O) groups is 2. The molecule has 144 valence electrons. The second kappa shape index (κ2) is 9.97. The first-order valence-corrected chi connectivity index (χ1v) is 9.21. The summed E-state index contributed by atoms with van der Waals surface area (Å²) >= 11 is 5.93. The lowest BCUT2D eigenvalue weighted by atomic mass is 10.1. The molecule has 27 heavy (non-hydrogen) atoms. The highest BCUT2D eigenvalue weighted by Gasteiger charge is 2.12. The first-order valence-electron chi connectivity index (χ1n) is 8.83. The predicted molar refractivity (Wildman–Crippen MR) is 108 cm³/mol. The molecule has 5 nitrogen and oxygen atoms in total. The molecule has 0 aliphatic carbocycles. The molecule has 0 radical (unpaired) electrons. The fourth-order valence-electron chi connectivity index (χ4n) is 2.70. The summed E-state index contributed by atoms with van der Waals surface area (Å²) in [5.41, 5.74) is 2.75. The van der Waals surface area contributed by atoms with Gasteiger partial charge in [0, 0.05) is 37.1 Å². The molecule has 2 amide bonds. The average molecular weight is 389 g/mol. The van der Waals surface area contributed by atoms with E-state index in [1.165, 1.54) is 6.92 Å². The van der Waals surface area contributed by atoms with Gasteiger partial charge in [-0.05, 0) is 54.8 Å². The molecule has 2 rings (SSSR count). The van der Waals surface area contributed by atoms with Crippen LogP contribution in [-0.2, 0) is 16.0 Å². The Balaban J connectivity index is 1.85. The van der Waals surface area contributed by atoms with Crippen molar-refractivity contribution in [2.75, 3.05) is 25.5 Å². The van der Waals surface area contributed by atoms with Gasteiger partial charge < -0.3 is 15.0 Å². The molecule has 0 saturated heterocycles. The van der Waals surface area contributed by atoms with Crippen molar-refractivity contribution < 1.29 is 14.3 Å².